The molecule has 44 heavy (non-hydrogen) atoms. The number of methoxy groups -OCH3 is 1. The van der Waals surface area contributed by atoms with Crippen molar-refractivity contribution in [3.63, 3.8) is 0 Å². The molecular formula is C32H29F2N5O4S. The Morgan fingerprint density at radius 2 is 1.95 bits per heavy atom. The lowest BCUT2D eigenvalue weighted by Crippen LogP contribution is -2.40. The second kappa shape index (κ2) is 11.8. The van der Waals surface area contributed by atoms with Crippen LogP contribution < -0.4 is 10.3 Å². The zero-order valence-electron chi connectivity index (χ0n) is 24.3. The lowest BCUT2D eigenvalue weighted by Gasteiger charge is -2.33. The third-order valence-electron chi connectivity index (χ3n) is 7.74. The van der Waals surface area contributed by atoms with Gasteiger partial charge in [-0.25, -0.2) is 13.8 Å². The number of amides is 1. The summed E-state index contributed by atoms with van der Waals surface area (Å²) < 4.78 is 45.4. The van der Waals surface area contributed by atoms with Gasteiger partial charge in [-0.05, 0) is 36.6 Å². The maximum atomic E-state index is 15.9. The Labute approximate surface area is 255 Å². The number of aryl methyl sites for hydroxylation is 1. The summed E-state index contributed by atoms with van der Waals surface area (Å²) in [5.74, 6) is -1.78. The van der Waals surface area contributed by atoms with E-state index in [9.17, 15) is 14.0 Å². The third-order valence-corrected chi connectivity index (χ3v) is 8.67. The highest BCUT2D eigenvalue weighted by molar-refractivity contribution is 7.18. The number of hydrogen-bond acceptors (Lipinski definition) is 7. The first-order valence-electron chi connectivity index (χ1n) is 13.9. The summed E-state index contributed by atoms with van der Waals surface area (Å²) in [5, 5.41) is 7.46. The standard InChI is InChI=1S/C32H29F2N5O4S/c1-5-26(40)38-9-10-39-24(18(38)2)16-23(36-39)31-29(28-22(34)14-20(33)15-25(28)43-12-11-42-4)32-21(8-13-44-32)30(35-31)19-6-7-27(41)37(3)17-19/h5-8,13-18H,1,9-12H2,2-4H3/t18-/m1/s1. The summed E-state index contributed by atoms with van der Waals surface area (Å²) >= 11 is 1.38. The molecule has 1 atom stereocenters. The second-order valence-electron chi connectivity index (χ2n) is 10.4. The van der Waals surface area contributed by atoms with Gasteiger partial charge in [-0.15, -0.1) is 11.3 Å². The first kappa shape index (κ1) is 29.4. The monoisotopic (exact) mass is 617 g/mol. The highest BCUT2D eigenvalue weighted by Gasteiger charge is 2.31. The topological polar surface area (TPSA) is 91.5 Å². The van der Waals surface area contributed by atoms with Crippen LogP contribution in [-0.4, -0.2) is 57.0 Å². The number of thiophene rings is 1. The molecule has 6 rings (SSSR count). The van der Waals surface area contributed by atoms with Crippen LogP contribution in [-0.2, 0) is 23.1 Å². The van der Waals surface area contributed by atoms with Gasteiger partial charge in [0, 0.05) is 66.3 Å². The molecule has 9 nitrogen and oxygen atoms in total. The van der Waals surface area contributed by atoms with Crippen molar-refractivity contribution in [3.8, 4) is 39.5 Å². The number of hydrogen-bond donors (Lipinski definition) is 0. The highest BCUT2D eigenvalue weighted by atomic mass is 32.1. The number of pyridine rings is 2. The average Bonchev–Trinajstić information content (AvgIpc) is 3.66. The number of carbonyl (C=O) groups excluding carboxylic acids is 1. The van der Waals surface area contributed by atoms with Crippen molar-refractivity contribution >= 4 is 27.3 Å². The number of nitrogens with zero attached hydrogens (tertiary/aromatic N) is 5. The van der Waals surface area contributed by atoms with Crippen molar-refractivity contribution in [1.82, 2.24) is 24.2 Å². The van der Waals surface area contributed by atoms with E-state index in [1.54, 1.807) is 24.2 Å². The molecular weight excluding hydrogens is 588 g/mol. The van der Waals surface area contributed by atoms with Crippen LogP contribution in [0.2, 0.25) is 0 Å². The quantitative estimate of drug-likeness (QED) is 0.167. The maximum absolute atomic E-state index is 15.9. The van der Waals surface area contributed by atoms with Crippen LogP contribution in [0.4, 0.5) is 8.78 Å². The normalized spacial score (nSPS) is 14.6. The van der Waals surface area contributed by atoms with E-state index in [1.807, 2.05) is 29.1 Å². The molecule has 0 saturated carbocycles. The summed E-state index contributed by atoms with van der Waals surface area (Å²) in [7, 11) is 3.17. The van der Waals surface area contributed by atoms with Crippen molar-refractivity contribution < 1.29 is 23.0 Å². The van der Waals surface area contributed by atoms with Gasteiger partial charge < -0.3 is 18.9 Å². The Morgan fingerprint density at radius 1 is 1.14 bits per heavy atom. The minimum Gasteiger partial charge on any atom is -0.490 e. The predicted octanol–water partition coefficient (Wildman–Crippen LogP) is 5.59. The zero-order chi connectivity index (χ0) is 31.1. The highest BCUT2D eigenvalue weighted by Crippen LogP contribution is 2.47. The van der Waals surface area contributed by atoms with Gasteiger partial charge in [0.15, 0.2) is 0 Å². The van der Waals surface area contributed by atoms with Crippen molar-refractivity contribution in [1.29, 1.82) is 0 Å². The number of fused-ring (bicyclic) bond motifs is 2. The molecule has 5 aromatic rings. The van der Waals surface area contributed by atoms with Gasteiger partial charge in [0.05, 0.1) is 36.1 Å². The van der Waals surface area contributed by atoms with Crippen molar-refractivity contribution in [2.75, 3.05) is 26.9 Å². The van der Waals surface area contributed by atoms with E-state index >= 15 is 4.39 Å². The summed E-state index contributed by atoms with van der Waals surface area (Å²) in [6.45, 7) is 6.71. The molecule has 1 aliphatic rings. The van der Waals surface area contributed by atoms with Gasteiger partial charge in [-0.2, -0.15) is 5.10 Å². The molecule has 0 saturated heterocycles. The van der Waals surface area contributed by atoms with Gasteiger partial charge in [-0.3, -0.25) is 14.3 Å². The SMILES string of the molecule is C=CC(=O)N1CCn2nc(-c3nc(-c4ccc(=O)n(C)c4)c4ccsc4c3-c3c(F)cc(F)cc3OCCOC)cc2[C@H]1C. The van der Waals surface area contributed by atoms with Crippen LogP contribution in [0, 0.1) is 11.6 Å². The number of benzene rings is 1. The van der Waals surface area contributed by atoms with Gasteiger partial charge in [0.25, 0.3) is 0 Å². The van der Waals surface area contributed by atoms with E-state index in [1.165, 1.54) is 35.2 Å². The Balaban J connectivity index is 1.65. The van der Waals surface area contributed by atoms with E-state index in [4.69, 9.17) is 19.6 Å². The fourth-order valence-electron chi connectivity index (χ4n) is 5.57. The second-order valence-corrected chi connectivity index (χ2v) is 11.3. The third kappa shape index (κ3) is 5.09. The molecule has 0 fully saturated rings. The van der Waals surface area contributed by atoms with E-state index in [-0.39, 0.29) is 42.0 Å². The summed E-state index contributed by atoms with van der Waals surface area (Å²) in [4.78, 5) is 31.5. The number of rotatable bonds is 8. The number of aromatic nitrogens is 4. The number of carbonyl (C=O) groups is 1. The van der Waals surface area contributed by atoms with Crippen LogP contribution in [0.25, 0.3) is 43.9 Å². The Hall–Kier alpha value is -4.68. The van der Waals surface area contributed by atoms with Crippen LogP contribution in [0.1, 0.15) is 18.7 Å². The van der Waals surface area contributed by atoms with E-state index < -0.39 is 11.6 Å². The molecule has 0 bridgehead atoms. The first-order valence-corrected chi connectivity index (χ1v) is 14.8. The first-order chi connectivity index (χ1) is 21.2. The Bertz CT molecular complexity index is 1980. The van der Waals surface area contributed by atoms with Crippen LogP contribution in [0.5, 0.6) is 5.75 Å². The molecule has 226 valence electrons. The van der Waals surface area contributed by atoms with Gasteiger partial charge in [0.2, 0.25) is 11.5 Å². The molecule has 0 radical (unpaired) electrons. The number of ether oxygens (including phenoxy) is 2. The lowest BCUT2D eigenvalue weighted by atomic mass is 9.96. The van der Waals surface area contributed by atoms with Gasteiger partial charge in [0.1, 0.15) is 35.4 Å². The van der Waals surface area contributed by atoms with Gasteiger partial charge in [-0.1, -0.05) is 6.58 Å². The van der Waals surface area contributed by atoms with Crippen molar-refractivity contribution in [2.24, 2.45) is 7.05 Å². The smallest absolute Gasteiger partial charge is 0.250 e. The van der Waals surface area contributed by atoms with Crippen LogP contribution in [0.3, 0.4) is 0 Å². The van der Waals surface area contributed by atoms with E-state index in [2.05, 4.69) is 6.58 Å². The largest absolute Gasteiger partial charge is 0.490 e. The molecule has 12 heteroatoms. The summed E-state index contributed by atoms with van der Waals surface area (Å²) in [6.07, 6.45) is 2.98. The number of halogens is 2. The molecule has 1 aromatic carbocycles. The summed E-state index contributed by atoms with van der Waals surface area (Å²) in [5.41, 5.74) is 3.10. The minimum absolute atomic E-state index is 0.00672. The summed E-state index contributed by atoms with van der Waals surface area (Å²) in [6, 6.07) is 8.55. The molecule has 0 N–H and O–H groups in total. The zero-order valence-corrected chi connectivity index (χ0v) is 25.2. The maximum Gasteiger partial charge on any atom is 0.250 e. The fourth-order valence-corrected chi connectivity index (χ4v) is 6.52. The minimum atomic E-state index is -0.815. The predicted molar refractivity (Wildman–Crippen MR) is 165 cm³/mol. The van der Waals surface area contributed by atoms with Gasteiger partial charge >= 0.3 is 0 Å². The Morgan fingerprint density at radius 3 is 2.70 bits per heavy atom. The fraction of sp³-hybridized carbons (Fsp3) is 0.250. The molecule has 0 spiro atoms. The van der Waals surface area contributed by atoms with E-state index in [0.29, 0.717) is 46.0 Å². The Kier molecular flexibility index (Phi) is 7.87. The lowest BCUT2D eigenvalue weighted by molar-refractivity contribution is -0.129. The van der Waals surface area contributed by atoms with Crippen molar-refractivity contribution in [3.05, 3.63) is 88.3 Å². The van der Waals surface area contributed by atoms with E-state index in [0.717, 1.165) is 23.2 Å². The molecule has 0 unspecified atom stereocenters. The van der Waals surface area contributed by atoms with Crippen LogP contribution >= 0.6 is 11.3 Å². The van der Waals surface area contributed by atoms with Crippen molar-refractivity contribution in [2.45, 2.75) is 19.5 Å². The molecule has 5 heterocycles. The molecule has 1 aliphatic heterocycles. The average molecular weight is 618 g/mol. The van der Waals surface area contributed by atoms with Crippen LogP contribution in [0.15, 0.2) is 65.4 Å². The molecule has 4 aromatic heterocycles. The molecule has 1 amide bonds. The molecule has 0 aliphatic carbocycles.